The molecule has 0 radical (unpaired) electrons. The maximum absolute atomic E-state index is 15.6. The molecule has 6 aromatic rings. The largest absolute Gasteiger partial charge is 0.482 e. The number of aliphatic hydroxyl groups is 1. The highest BCUT2D eigenvalue weighted by Gasteiger charge is 2.42. The summed E-state index contributed by atoms with van der Waals surface area (Å²) in [4.78, 5) is 271. The molecule has 0 bridgehead atoms. The predicted molar refractivity (Wildman–Crippen MR) is 541 cm³/mol. The Morgan fingerprint density at radius 2 is 0.918 bits per heavy atom. The number of rotatable bonds is 32. The number of fused-ring (bicyclic) bond motifs is 1. The predicted octanol–water partition coefficient (Wildman–Crippen LogP) is -1.36. The molecule has 1 aliphatic rings. The quantitative estimate of drug-likeness (QED) is 0.0132. The summed E-state index contributed by atoms with van der Waals surface area (Å²) >= 11 is 0.678. The normalized spacial score (nSPS) is 22.6. The Labute approximate surface area is 849 Å². The van der Waals surface area contributed by atoms with Crippen LogP contribution in [0.25, 0.3) is 22.0 Å². The number of primary amides is 1. The van der Waals surface area contributed by atoms with Gasteiger partial charge in [-0.15, -0.1) is 11.8 Å². The number of aliphatic carboxylic acids is 2. The highest BCUT2D eigenvalue weighted by Crippen LogP contribution is 2.25. The van der Waals surface area contributed by atoms with Crippen molar-refractivity contribution in [2.45, 2.75) is 244 Å². The van der Waals surface area contributed by atoms with E-state index < -0.39 is 264 Å². The second-order valence-electron chi connectivity index (χ2n) is 37.4. The molecule has 4 aromatic carbocycles. The minimum atomic E-state index is -2.13. The minimum absolute atomic E-state index is 0.00244. The van der Waals surface area contributed by atoms with Gasteiger partial charge in [-0.1, -0.05) is 146 Å². The number of thioether (sulfide) groups is 1. The summed E-state index contributed by atoms with van der Waals surface area (Å²) < 4.78 is 5.34. The van der Waals surface area contributed by atoms with Crippen molar-refractivity contribution in [1.82, 2.24) is 99.9 Å². The molecule has 1 saturated heterocycles. The molecule has 1 aliphatic heterocycles. The first kappa shape index (κ1) is 118. The molecular weight excluding hydrogens is 1910 g/mol. The number of benzene rings is 4. The van der Waals surface area contributed by atoms with Gasteiger partial charge in [0.1, 0.15) is 96.4 Å². The molecule has 0 unspecified atom stereocenters. The van der Waals surface area contributed by atoms with Gasteiger partial charge in [0, 0.05) is 81.1 Å². The molecule has 2 aromatic heterocycles. The molecule has 3 heterocycles. The van der Waals surface area contributed by atoms with E-state index in [-0.39, 0.29) is 87.6 Å². The van der Waals surface area contributed by atoms with Crippen LogP contribution in [-0.4, -0.2) is 284 Å². The van der Waals surface area contributed by atoms with Crippen LogP contribution in [0, 0.1) is 34.5 Å². The number of para-hydroxylation sites is 1. The maximum atomic E-state index is 15.6. The van der Waals surface area contributed by atoms with Gasteiger partial charge in [0.2, 0.25) is 94.5 Å². The number of hydrogen-bond acceptors (Lipinski definition) is 24. The summed E-state index contributed by atoms with van der Waals surface area (Å²) in [5.41, 5.74) is 20.4. The third kappa shape index (κ3) is 38.4. The van der Waals surface area contributed by atoms with E-state index >= 15 is 33.6 Å². The van der Waals surface area contributed by atoms with Gasteiger partial charge in [-0.3, -0.25) is 97.3 Å². The first-order valence-corrected chi connectivity index (χ1v) is 49.2. The number of nitrogens with zero attached hydrogens (tertiary/aromatic N) is 2. The highest BCUT2D eigenvalue weighted by molar-refractivity contribution is 8.00. The Balaban J connectivity index is 1.37. The number of aliphatic hydroxyl groups excluding tert-OH is 1. The highest BCUT2D eigenvalue weighted by atomic mass is 32.2. The number of carboxylic acids is 2. The van der Waals surface area contributed by atoms with Crippen LogP contribution in [0.3, 0.4) is 0 Å². The van der Waals surface area contributed by atoms with Crippen LogP contribution in [-0.2, 0) is 112 Å². The number of ether oxygens (including phenoxy) is 1. The third-order valence-electron chi connectivity index (χ3n) is 23.7. The number of carbonyl (C=O) groups excluding carboxylic acids is 16. The topological polar surface area (TPSA) is 727 Å². The molecule has 0 spiro atoms. The van der Waals surface area contributed by atoms with E-state index in [4.69, 9.17) is 32.8 Å². The molecule has 0 saturated carbocycles. The number of pyridine rings is 1. The van der Waals surface area contributed by atoms with Crippen molar-refractivity contribution in [3.05, 3.63) is 156 Å². The maximum Gasteiger partial charge on any atom is 0.341 e. The fourth-order valence-corrected chi connectivity index (χ4v) is 16.5. The second-order valence-corrected chi connectivity index (χ2v) is 38.4. The zero-order valence-corrected chi connectivity index (χ0v) is 84.5. The van der Waals surface area contributed by atoms with E-state index in [0.29, 0.717) is 39.4 Å². The van der Waals surface area contributed by atoms with Crippen LogP contribution < -0.4 is 107 Å². The van der Waals surface area contributed by atoms with Crippen molar-refractivity contribution in [2.75, 3.05) is 38.2 Å². The van der Waals surface area contributed by atoms with Crippen LogP contribution >= 0.6 is 11.8 Å². The van der Waals surface area contributed by atoms with Crippen molar-refractivity contribution < 1.29 is 106 Å². The Morgan fingerprint density at radius 3 is 1.45 bits per heavy atom. The number of hydrogen-bond donors (Lipinski definition) is 25. The van der Waals surface area contributed by atoms with Gasteiger partial charge in [-0.05, 0) is 141 Å². The Bertz CT molecular complexity index is 5540. The molecule has 0 aliphatic carbocycles. The van der Waals surface area contributed by atoms with E-state index in [1.54, 1.807) is 102 Å². The first-order valence-electron chi connectivity index (χ1n) is 48.0. The fourth-order valence-electron chi connectivity index (χ4n) is 15.6. The number of H-pyrrole nitrogens is 1. The molecule has 16 atom stereocenters. The van der Waals surface area contributed by atoms with Gasteiger partial charge in [0.05, 0.1) is 18.3 Å². The number of guanidine groups is 2. The summed E-state index contributed by atoms with van der Waals surface area (Å²) in [6.07, 6.45) is -0.757. The lowest BCUT2D eigenvalue weighted by atomic mass is 9.98. The van der Waals surface area contributed by atoms with Crippen LogP contribution in [0.1, 0.15) is 143 Å². The van der Waals surface area contributed by atoms with Crippen LogP contribution in [0.15, 0.2) is 134 Å². The summed E-state index contributed by atoms with van der Waals surface area (Å²) in [6, 6.07) is 6.80. The lowest BCUT2D eigenvalue weighted by Crippen LogP contribution is -2.62. The molecule has 16 amide bonds. The second kappa shape index (κ2) is 57.8. The van der Waals surface area contributed by atoms with Crippen LogP contribution in [0.4, 0.5) is 0 Å². The van der Waals surface area contributed by atoms with Crippen LogP contribution in [0.2, 0.25) is 0 Å². The molecule has 1 fully saturated rings. The Kier molecular flexibility index (Phi) is 46.6. The average Bonchev–Trinajstić information content (AvgIpc) is 1.61. The van der Waals surface area contributed by atoms with E-state index in [9.17, 15) is 68.1 Å². The molecule has 46 nitrogen and oxygen atoms in total. The summed E-state index contributed by atoms with van der Waals surface area (Å²) in [5.74, 6) is -24.0. The lowest BCUT2D eigenvalue weighted by Gasteiger charge is -2.32. The number of carboxylic acid groups (broad SMARTS) is 2. The monoisotopic (exact) mass is 2050 g/mol. The Morgan fingerprint density at radius 1 is 0.479 bits per heavy atom. The van der Waals surface area contributed by atoms with Gasteiger partial charge >= 0.3 is 11.9 Å². The van der Waals surface area contributed by atoms with Gasteiger partial charge in [0.25, 0.3) is 0 Å². The van der Waals surface area contributed by atoms with Gasteiger partial charge < -0.3 is 132 Å². The zero-order chi connectivity index (χ0) is 108. The molecule has 792 valence electrons. The number of likely N-dealkylation sites (N-methyl/N-ethyl adjacent to an activating group) is 1. The van der Waals surface area contributed by atoms with E-state index in [1.807, 2.05) is 30.3 Å². The molecule has 28 N–H and O–H groups in total. The SMILES string of the molecule is CC(C)C[C@@H]1NC(=O)[C@H](CCCNC(=N)N)NC(=O)[C@@H](CC(C)C)NC(=O)[C@H](C)N(C)C(=O)[C@H](CCCNC(=N)N)NC(=O)[C@H](Cc2ccc(-c3ccccc3)cc2)NC(=O)[C@H](C(C)C)NC(=O)[C@H](Cc2c[nH]c3ccccc23)NC(=O)[C@H](CC(=O)O)NC(=O)[C@H](Cc2ccc(OCC(=O)O)cc2)NC(=O)[C@H](Cc2cccnc2)NC(=O)CSC[C@@H](C(=O)N[C@@H](C)C(N)=O)NC(=O)[C@H]([C@@H](C)O)NC(=O)[C@H](C(C)C)NC1=O. The standard InChI is InChI=1S/C99H138N24O22S/c1-51(2)39-69-86(133)111-67(26-19-37-106-98(101)102)85(132)114-70(40-52(3)4)91(138)121-81(54(7)8)95(142)122-82(57(11)124)96(143)119-76(93(140)109-55(9)83(100)130)49-146-50-77(125)110-71(43-60-21-18-36-105-46-60)87(134)115-72(42-59-30-34-64(35-31-59)145-48-79(128)129)89(136)117-75(45-78(126)127)90(137)116-74(44-63-47-108-66-25-17-16-24-65(63)66)92(139)120-80(53(5)6)94(141)118-73(41-58-28-32-62(33-29-58)61-22-14-13-15-23-61)88(135)112-68(27-20-38-107-99(103)104)97(144)123(12)56(10)84(131)113-69/h13-18,21-25,28-36,46-47,51-57,67-76,80-82,108,124H,19-20,26-27,37-45,48-50H2,1-12H3,(H2,100,130)(H,109,140)(H,110,125)(H,111,133)(H,112,135)(H,113,131)(H,114,132)(H,115,134)(H,116,137)(H,117,136)(H,118,141)(H,119,143)(H,120,139)(H,121,138)(H,122,142)(H,126,127)(H,128,129)(H4,101,102,106)(H4,103,104,107)/t55-,56-,57+,67-,68-,69+,70-,71-,72-,73-,74-,75-,76-,80-,81-,82-/m0/s1. The third-order valence-corrected chi connectivity index (χ3v) is 24.8. The summed E-state index contributed by atoms with van der Waals surface area (Å²) in [5, 5.41) is 89.4. The lowest BCUT2D eigenvalue weighted by molar-refractivity contribution is -0.143. The number of aromatic nitrogens is 2. The van der Waals surface area contributed by atoms with Crippen molar-refractivity contribution >= 4 is 141 Å². The zero-order valence-electron chi connectivity index (χ0n) is 83.7. The Hall–Kier alpha value is -15.3. The smallest absolute Gasteiger partial charge is 0.341 e. The summed E-state index contributed by atoms with van der Waals surface area (Å²) in [7, 11) is 1.26. The molecular formula is C99H138N24O22S. The van der Waals surface area contributed by atoms with Crippen molar-refractivity contribution in [2.24, 2.45) is 40.9 Å². The number of nitrogens with two attached hydrogens (primary N) is 3. The number of aromatic amines is 1. The van der Waals surface area contributed by atoms with Crippen LogP contribution in [0.5, 0.6) is 5.75 Å². The molecule has 7 rings (SSSR count). The average molecular weight is 2050 g/mol. The summed E-state index contributed by atoms with van der Waals surface area (Å²) in [6.45, 7) is 16.0. The van der Waals surface area contributed by atoms with Gasteiger partial charge in [-0.2, -0.15) is 0 Å². The van der Waals surface area contributed by atoms with E-state index in [0.717, 1.165) is 23.0 Å². The number of amides is 16. The van der Waals surface area contributed by atoms with Crippen molar-refractivity contribution in [3.8, 4) is 16.9 Å². The van der Waals surface area contributed by atoms with Crippen molar-refractivity contribution in [3.63, 3.8) is 0 Å². The van der Waals surface area contributed by atoms with Crippen molar-refractivity contribution in [1.29, 1.82) is 10.8 Å². The van der Waals surface area contributed by atoms with Gasteiger partial charge in [-0.25, -0.2) is 4.79 Å². The van der Waals surface area contributed by atoms with E-state index in [1.165, 1.54) is 77.5 Å². The fraction of sp³-hybridized carbons (Fsp3) is 0.485. The van der Waals surface area contributed by atoms with E-state index in [2.05, 4.69) is 95.0 Å². The first-order chi connectivity index (χ1) is 69.1. The minimum Gasteiger partial charge on any atom is -0.482 e. The van der Waals surface area contributed by atoms with Gasteiger partial charge in [0.15, 0.2) is 18.5 Å². The molecule has 146 heavy (non-hydrogen) atoms. The number of carbonyl (C=O) groups is 18. The molecule has 47 heteroatoms. The number of nitrogens with one attached hydrogen (secondary N) is 19.